The summed E-state index contributed by atoms with van der Waals surface area (Å²) in [6.45, 7) is 5.32. The summed E-state index contributed by atoms with van der Waals surface area (Å²) in [7, 11) is -3.18. The fourth-order valence-corrected chi connectivity index (χ4v) is 4.24. The first kappa shape index (κ1) is 16.5. The summed E-state index contributed by atoms with van der Waals surface area (Å²) in [5.74, 6) is 0.531. The van der Waals surface area contributed by atoms with Gasteiger partial charge in [-0.3, -0.25) is 0 Å². The first-order valence-electron chi connectivity index (χ1n) is 7.54. The molecule has 5 heteroatoms. The van der Waals surface area contributed by atoms with E-state index in [4.69, 9.17) is 0 Å². The van der Waals surface area contributed by atoms with E-state index in [1.54, 1.807) is 0 Å². The van der Waals surface area contributed by atoms with E-state index in [9.17, 15) is 8.42 Å². The lowest BCUT2D eigenvalue weighted by atomic mass is 9.83. The molecule has 118 valence electrons. The Kier molecular flexibility index (Phi) is 5.07. The average Bonchev–Trinajstić information content (AvgIpc) is 2.36. The Morgan fingerprint density at radius 2 is 2.00 bits per heavy atom. The second-order valence-corrected chi connectivity index (χ2v) is 8.43. The Balaban J connectivity index is 1.90. The van der Waals surface area contributed by atoms with Crippen LogP contribution in [0.15, 0.2) is 24.3 Å². The van der Waals surface area contributed by atoms with Gasteiger partial charge in [0.25, 0.3) is 0 Å². The van der Waals surface area contributed by atoms with Crippen molar-refractivity contribution in [1.29, 1.82) is 0 Å². The van der Waals surface area contributed by atoms with Gasteiger partial charge in [-0.2, -0.15) is 0 Å². The van der Waals surface area contributed by atoms with E-state index < -0.39 is 15.6 Å². The van der Waals surface area contributed by atoms with Gasteiger partial charge in [0.2, 0.25) is 10.0 Å². The minimum absolute atomic E-state index is 0.470. The molecule has 0 aliphatic heterocycles. The predicted molar refractivity (Wildman–Crippen MR) is 87.0 cm³/mol. The largest absolute Gasteiger partial charge is 0.314 e. The smallest absolute Gasteiger partial charge is 0.209 e. The van der Waals surface area contributed by atoms with Crippen molar-refractivity contribution in [2.24, 2.45) is 0 Å². The lowest BCUT2D eigenvalue weighted by molar-refractivity contribution is 0.404. The number of rotatable bonds is 6. The first-order valence-corrected chi connectivity index (χ1v) is 9.43. The lowest BCUT2D eigenvalue weighted by Gasteiger charge is -2.29. The Hall–Kier alpha value is -0.910. The summed E-state index contributed by atoms with van der Waals surface area (Å²) in [6, 6.07) is 8.65. The maximum absolute atomic E-state index is 11.3. The number of aryl methyl sites for hydroxylation is 1. The van der Waals surface area contributed by atoms with Crippen molar-refractivity contribution in [3.05, 3.63) is 35.4 Å². The zero-order chi connectivity index (χ0) is 15.5. The monoisotopic (exact) mass is 310 g/mol. The molecule has 1 unspecified atom stereocenters. The Morgan fingerprint density at radius 3 is 2.71 bits per heavy atom. The number of benzene rings is 1. The average molecular weight is 310 g/mol. The fourth-order valence-electron chi connectivity index (χ4n) is 3.16. The lowest BCUT2D eigenvalue weighted by Crippen LogP contribution is -2.50. The molecule has 0 fully saturated rings. The Labute approximate surface area is 128 Å². The van der Waals surface area contributed by atoms with Crippen LogP contribution in [-0.4, -0.2) is 33.3 Å². The van der Waals surface area contributed by atoms with E-state index in [-0.39, 0.29) is 0 Å². The quantitative estimate of drug-likeness (QED) is 0.845. The molecule has 0 heterocycles. The summed E-state index contributed by atoms with van der Waals surface area (Å²) in [5.41, 5.74) is 2.44. The fraction of sp³-hybridized carbons (Fsp3) is 0.625. The van der Waals surface area contributed by atoms with Crippen molar-refractivity contribution in [1.82, 2.24) is 10.0 Å². The summed E-state index contributed by atoms with van der Waals surface area (Å²) in [4.78, 5) is 0. The topological polar surface area (TPSA) is 58.2 Å². The van der Waals surface area contributed by atoms with Crippen molar-refractivity contribution in [2.45, 2.75) is 44.6 Å². The molecule has 4 nitrogen and oxygen atoms in total. The molecule has 0 radical (unpaired) electrons. The van der Waals surface area contributed by atoms with Crippen LogP contribution in [0.25, 0.3) is 0 Å². The second-order valence-electron chi connectivity index (χ2n) is 6.68. The molecule has 0 aromatic heterocycles. The SMILES string of the molecule is CC(C)(CNCC1CCCc2ccccc21)NS(C)(=O)=O. The first-order chi connectivity index (χ1) is 9.77. The minimum Gasteiger partial charge on any atom is -0.314 e. The highest BCUT2D eigenvalue weighted by Gasteiger charge is 2.23. The molecular weight excluding hydrogens is 284 g/mol. The van der Waals surface area contributed by atoms with Gasteiger partial charge in [-0.05, 0) is 50.2 Å². The van der Waals surface area contributed by atoms with Crippen LogP contribution in [0.3, 0.4) is 0 Å². The molecule has 2 N–H and O–H groups in total. The van der Waals surface area contributed by atoms with Crippen LogP contribution >= 0.6 is 0 Å². The second kappa shape index (κ2) is 6.46. The molecule has 0 spiro atoms. The number of nitrogens with one attached hydrogen (secondary N) is 2. The van der Waals surface area contributed by atoms with Crippen LogP contribution in [0, 0.1) is 0 Å². The van der Waals surface area contributed by atoms with Crippen LogP contribution < -0.4 is 10.0 Å². The van der Waals surface area contributed by atoms with Gasteiger partial charge in [0.05, 0.1) is 6.26 Å². The summed E-state index contributed by atoms with van der Waals surface area (Å²) < 4.78 is 25.3. The summed E-state index contributed by atoms with van der Waals surface area (Å²) in [5, 5.41) is 3.43. The molecule has 0 saturated carbocycles. The molecule has 0 saturated heterocycles. The predicted octanol–water partition coefficient (Wildman–Crippen LogP) is 2.02. The maximum atomic E-state index is 11.3. The highest BCUT2D eigenvalue weighted by molar-refractivity contribution is 7.88. The molecule has 2 rings (SSSR count). The Bertz CT molecular complexity index is 582. The number of hydrogen-bond donors (Lipinski definition) is 2. The van der Waals surface area contributed by atoms with Crippen molar-refractivity contribution >= 4 is 10.0 Å². The highest BCUT2D eigenvalue weighted by atomic mass is 32.2. The minimum atomic E-state index is -3.18. The molecule has 21 heavy (non-hydrogen) atoms. The van der Waals surface area contributed by atoms with Gasteiger partial charge in [0.15, 0.2) is 0 Å². The van der Waals surface area contributed by atoms with Crippen molar-refractivity contribution in [3.63, 3.8) is 0 Å². The van der Waals surface area contributed by atoms with E-state index in [2.05, 4.69) is 34.3 Å². The van der Waals surface area contributed by atoms with Crippen molar-refractivity contribution in [2.75, 3.05) is 19.3 Å². The molecule has 1 aliphatic carbocycles. The van der Waals surface area contributed by atoms with E-state index in [1.165, 1.54) is 36.6 Å². The maximum Gasteiger partial charge on any atom is 0.209 e. The van der Waals surface area contributed by atoms with Crippen LogP contribution in [0.5, 0.6) is 0 Å². The van der Waals surface area contributed by atoms with Crippen molar-refractivity contribution in [3.8, 4) is 0 Å². The molecule has 1 atom stereocenters. The number of sulfonamides is 1. The van der Waals surface area contributed by atoms with E-state index in [1.807, 2.05) is 13.8 Å². The van der Waals surface area contributed by atoms with Crippen LogP contribution in [0.1, 0.15) is 43.7 Å². The van der Waals surface area contributed by atoms with E-state index in [0.29, 0.717) is 12.5 Å². The van der Waals surface area contributed by atoms with Gasteiger partial charge in [0, 0.05) is 18.6 Å². The molecule has 0 amide bonds. The van der Waals surface area contributed by atoms with Crippen LogP contribution in [0.2, 0.25) is 0 Å². The normalized spacial score (nSPS) is 19.3. The molecule has 1 aromatic carbocycles. The van der Waals surface area contributed by atoms with Gasteiger partial charge >= 0.3 is 0 Å². The molecule has 1 aromatic rings. The van der Waals surface area contributed by atoms with E-state index in [0.717, 1.165) is 6.54 Å². The molecular formula is C16H26N2O2S. The van der Waals surface area contributed by atoms with Gasteiger partial charge in [-0.1, -0.05) is 24.3 Å². The molecule has 1 aliphatic rings. The van der Waals surface area contributed by atoms with Gasteiger partial charge < -0.3 is 5.32 Å². The van der Waals surface area contributed by atoms with Gasteiger partial charge in [0.1, 0.15) is 0 Å². The third kappa shape index (κ3) is 5.09. The van der Waals surface area contributed by atoms with Crippen molar-refractivity contribution < 1.29 is 8.42 Å². The zero-order valence-electron chi connectivity index (χ0n) is 13.1. The van der Waals surface area contributed by atoms with E-state index >= 15 is 0 Å². The summed E-state index contributed by atoms with van der Waals surface area (Å²) >= 11 is 0. The number of fused-ring (bicyclic) bond motifs is 1. The van der Waals surface area contributed by atoms with Crippen LogP contribution in [-0.2, 0) is 16.4 Å². The standard InChI is InChI=1S/C16H26N2O2S/c1-16(2,18-21(3,19)20)12-17-11-14-9-6-8-13-7-4-5-10-15(13)14/h4-5,7,10,14,17-18H,6,8-9,11-12H2,1-3H3. The van der Waals surface area contributed by atoms with Gasteiger partial charge in [-0.25, -0.2) is 13.1 Å². The third-order valence-electron chi connectivity index (χ3n) is 3.91. The Morgan fingerprint density at radius 1 is 1.29 bits per heavy atom. The van der Waals surface area contributed by atoms with Gasteiger partial charge in [-0.15, -0.1) is 0 Å². The highest BCUT2D eigenvalue weighted by Crippen LogP contribution is 2.30. The molecule has 0 bridgehead atoms. The summed E-state index contributed by atoms with van der Waals surface area (Å²) in [6.07, 6.45) is 4.80. The third-order valence-corrected chi connectivity index (χ3v) is 4.84. The number of hydrogen-bond acceptors (Lipinski definition) is 3. The van der Waals surface area contributed by atoms with Crippen LogP contribution in [0.4, 0.5) is 0 Å². The zero-order valence-corrected chi connectivity index (χ0v) is 14.0.